The molecule has 0 saturated heterocycles. The van der Waals surface area contributed by atoms with Crippen LogP contribution in [0.3, 0.4) is 0 Å². The molecule has 0 saturated carbocycles. The van der Waals surface area contributed by atoms with Crippen molar-refractivity contribution in [1.29, 1.82) is 0 Å². The van der Waals surface area contributed by atoms with Gasteiger partial charge in [-0.2, -0.15) is 0 Å². The SMILES string of the molecule is COC(=O)c1ccc(/C=C/C(=O)O[C@@H](C)C(=O)NCc2ccc(F)cc2)cc1. The Morgan fingerprint density at radius 3 is 2.32 bits per heavy atom. The van der Waals surface area contributed by atoms with Crippen LogP contribution in [-0.2, 0) is 25.6 Å². The van der Waals surface area contributed by atoms with E-state index in [0.717, 1.165) is 5.56 Å². The lowest BCUT2D eigenvalue weighted by atomic mass is 10.1. The highest BCUT2D eigenvalue weighted by atomic mass is 19.1. The summed E-state index contributed by atoms with van der Waals surface area (Å²) >= 11 is 0. The van der Waals surface area contributed by atoms with E-state index in [2.05, 4.69) is 10.1 Å². The van der Waals surface area contributed by atoms with Gasteiger partial charge in [-0.15, -0.1) is 0 Å². The summed E-state index contributed by atoms with van der Waals surface area (Å²) in [5, 5.41) is 2.61. The van der Waals surface area contributed by atoms with Crippen LogP contribution in [0.15, 0.2) is 54.6 Å². The van der Waals surface area contributed by atoms with Gasteiger partial charge in [-0.3, -0.25) is 4.79 Å². The first-order valence-corrected chi connectivity index (χ1v) is 8.48. The maximum absolute atomic E-state index is 12.9. The second kappa shape index (κ2) is 10.0. The van der Waals surface area contributed by atoms with Gasteiger partial charge in [0.05, 0.1) is 12.7 Å². The van der Waals surface area contributed by atoms with Crippen LogP contribution in [-0.4, -0.2) is 31.1 Å². The van der Waals surface area contributed by atoms with Crippen molar-refractivity contribution in [2.75, 3.05) is 7.11 Å². The summed E-state index contributed by atoms with van der Waals surface area (Å²) < 4.78 is 22.5. The van der Waals surface area contributed by atoms with Gasteiger partial charge in [-0.05, 0) is 48.4 Å². The molecule has 2 rings (SSSR count). The van der Waals surface area contributed by atoms with Gasteiger partial charge in [0.1, 0.15) is 5.82 Å². The van der Waals surface area contributed by atoms with Crippen LogP contribution in [0.5, 0.6) is 0 Å². The molecule has 6 nitrogen and oxygen atoms in total. The molecule has 1 N–H and O–H groups in total. The van der Waals surface area contributed by atoms with Crippen molar-refractivity contribution in [3.63, 3.8) is 0 Å². The Bertz CT molecular complexity index is 859. The molecule has 0 bridgehead atoms. The Labute approximate surface area is 162 Å². The molecule has 1 amide bonds. The second-order valence-corrected chi connectivity index (χ2v) is 5.87. The highest BCUT2D eigenvalue weighted by Gasteiger charge is 2.16. The molecule has 0 radical (unpaired) electrons. The number of hydrogen-bond acceptors (Lipinski definition) is 5. The van der Waals surface area contributed by atoms with E-state index in [4.69, 9.17) is 4.74 Å². The molecule has 7 heteroatoms. The van der Waals surface area contributed by atoms with Crippen molar-refractivity contribution in [3.05, 3.63) is 77.1 Å². The predicted octanol–water partition coefficient (Wildman–Crippen LogP) is 2.87. The van der Waals surface area contributed by atoms with Crippen molar-refractivity contribution in [3.8, 4) is 0 Å². The molecule has 0 aliphatic rings. The van der Waals surface area contributed by atoms with E-state index < -0.39 is 23.9 Å². The Morgan fingerprint density at radius 2 is 1.71 bits per heavy atom. The third kappa shape index (κ3) is 6.35. The predicted molar refractivity (Wildman–Crippen MR) is 101 cm³/mol. The van der Waals surface area contributed by atoms with Gasteiger partial charge < -0.3 is 14.8 Å². The fraction of sp³-hybridized carbons (Fsp3) is 0.190. The number of halogens is 1. The first kappa shape index (κ1) is 20.8. The highest BCUT2D eigenvalue weighted by molar-refractivity contribution is 5.91. The molecule has 2 aromatic carbocycles. The molecule has 0 aliphatic heterocycles. The first-order valence-electron chi connectivity index (χ1n) is 8.48. The van der Waals surface area contributed by atoms with Gasteiger partial charge >= 0.3 is 11.9 Å². The third-order valence-electron chi connectivity index (χ3n) is 3.79. The van der Waals surface area contributed by atoms with Crippen molar-refractivity contribution in [2.45, 2.75) is 19.6 Å². The molecular weight excluding hydrogens is 365 g/mol. The summed E-state index contributed by atoms with van der Waals surface area (Å²) in [4.78, 5) is 35.2. The van der Waals surface area contributed by atoms with Crippen molar-refractivity contribution in [1.82, 2.24) is 5.32 Å². The Balaban J connectivity index is 1.82. The average Bonchev–Trinajstić information content (AvgIpc) is 2.71. The normalized spacial score (nSPS) is 11.7. The second-order valence-electron chi connectivity index (χ2n) is 5.87. The minimum Gasteiger partial charge on any atom is -0.465 e. The number of hydrogen-bond donors (Lipinski definition) is 1. The molecule has 28 heavy (non-hydrogen) atoms. The summed E-state index contributed by atoms with van der Waals surface area (Å²) in [6.07, 6.45) is 1.71. The number of methoxy groups -OCH3 is 1. The van der Waals surface area contributed by atoms with E-state index in [0.29, 0.717) is 11.1 Å². The Hall–Kier alpha value is -3.48. The first-order chi connectivity index (χ1) is 13.4. The minimum absolute atomic E-state index is 0.198. The zero-order valence-corrected chi connectivity index (χ0v) is 15.5. The molecule has 0 aliphatic carbocycles. The maximum Gasteiger partial charge on any atom is 0.337 e. The van der Waals surface area contributed by atoms with Gasteiger partial charge in [0.2, 0.25) is 0 Å². The topological polar surface area (TPSA) is 81.7 Å². The maximum atomic E-state index is 12.9. The molecule has 1 atom stereocenters. The molecule has 146 valence electrons. The summed E-state index contributed by atoms with van der Waals surface area (Å²) in [6.45, 7) is 1.65. The molecule has 2 aromatic rings. The van der Waals surface area contributed by atoms with Crippen LogP contribution in [0.1, 0.15) is 28.4 Å². The summed E-state index contributed by atoms with van der Waals surface area (Å²) in [5.41, 5.74) is 1.80. The van der Waals surface area contributed by atoms with Crippen molar-refractivity contribution >= 4 is 23.9 Å². The quantitative estimate of drug-likeness (QED) is 0.585. The van der Waals surface area contributed by atoms with Gasteiger partial charge in [0.25, 0.3) is 5.91 Å². The van der Waals surface area contributed by atoms with Crippen molar-refractivity contribution in [2.24, 2.45) is 0 Å². The number of esters is 2. The lowest BCUT2D eigenvalue weighted by molar-refractivity contribution is -0.150. The monoisotopic (exact) mass is 385 g/mol. The lowest BCUT2D eigenvalue weighted by Gasteiger charge is -2.12. The number of nitrogens with one attached hydrogen (secondary N) is 1. The van der Waals surface area contributed by atoms with Crippen LogP contribution in [0.25, 0.3) is 6.08 Å². The number of carbonyl (C=O) groups excluding carboxylic acids is 3. The number of ether oxygens (including phenoxy) is 2. The fourth-order valence-corrected chi connectivity index (χ4v) is 2.21. The molecule has 0 heterocycles. The highest BCUT2D eigenvalue weighted by Crippen LogP contribution is 2.08. The molecular formula is C21H20FNO5. The molecule has 0 aromatic heterocycles. The molecule has 0 fully saturated rings. The third-order valence-corrected chi connectivity index (χ3v) is 3.79. The van der Waals surface area contributed by atoms with E-state index in [1.807, 2.05) is 0 Å². The summed E-state index contributed by atoms with van der Waals surface area (Å²) in [7, 11) is 1.29. The smallest absolute Gasteiger partial charge is 0.337 e. The number of amides is 1. The lowest BCUT2D eigenvalue weighted by Crippen LogP contribution is -2.35. The van der Waals surface area contributed by atoms with E-state index in [1.54, 1.807) is 36.4 Å². The van der Waals surface area contributed by atoms with Crippen LogP contribution in [0, 0.1) is 5.82 Å². The van der Waals surface area contributed by atoms with Gasteiger partial charge in [0, 0.05) is 12.6 Å². The van der Waals surface area contributed by atoms with Crippen LogP contribution in [0.4, 0.5) is 4.39 Å². The molecule has 0 unspecified atom stereocenters. The van der Waals surface area contributed by atoms with Gasteiger partial charge in [-0.25, -0.2) is 14.0 Å². The van der Waals surface area contributed by atoms with E-state index >= 15 is 0 Å². The summed E-state index contributed by atoms with van der Waals surface area (Å²) in [6, 6.07) is 12.1. The van der Waals surface area contributed by atoms with Crippen LogP contribution in [0.2, 0.25) is 0 Å². The number of rotatable bonds is 7. The molecule has 0 spiro atoms. The summed E-state index contributed by atoms with van der Waals surface area (Å²) in [5.74, 6) is -1.95. The van der Waals surface area contributed by atoms with Gasteiger partial charge in [0.15, 0.2) is 6.10 Å². The Morgan fingerprint density at radius 1 is 1.07 bits per heavy atom. The Kier molecular flexibility index (Phi) is 7.45. The van der Waals surface area contributed by atoms with Gasteiger partial charge in [-0.1, -0.05) is 24.3 Å². The standard InChI is InChI=1S/C21H20FNO5/c1-14(20(25)23-13-16-5-10-18(22)11-6-16)28-19(24)12-7-15-3-8-17(9-4-15)21(26)27-2/h3-12,14H,13H2,1-2H3,(H,23,25)/b12-7+/t14-/m0/s1. The zero-order valence-electron chi connectivity index (χ0n) is 15.5. The van der Waals surface area contributed by atoms with E-state index in [9.17, 15) is 18.8 Å². The minimum atomic E-state index is -0.987. The largest absolute Gasteiger partial charge is 0.465 e. The fourth-order valence-electron chi connectivity index (χ4n) is 2.21. The number of carbonyl (C=O) groups is 3. The van der Waals surface area contributed by atoms with Crippen molar-refractivity contribution < 1.29 is 28.2 Å². The van der Waals surface area contributed by atoms with E-state index in [-0.39, 0.29) is 12.4 Å². The van der Waals surface area contributed by atoms with Crippen LogP contribution < -0.4 is 5.32 Å². The van der Waals surface area contributed by atoms with E-state index in [1.165, 1.54) is 38.3 Å². The van der Waals surface area contributed by atoms with Crippen LogP contribution >= 0.6 is 0 Å². The zero-order chi connectivity index (χ0) is 20.5. The number of benzene rings is 2. The average molecular weight is 385 g/mol.